The van der Waals surface area contributed by atoms with E-state index in [1.165, 1.54) is 25.1 Å². The molecule has 5 heteroatoms. The number of anilines is 1. The predicted molar refractivity (Wildman–Crippen MR) is 56.7 cm³/mol. The fourth-order valence-electron chi connectivity index (χ4n) is 1.39. The lowest BCUT2D eigenvalue weighted by molar-refractivity contribution is -0.114. The molecule has 1 aromatic heterocycles. The van der Waals surface area contributed by atoms with Crippen LogP contribution >= 0.6 is 0 Å². The third-order valence-corrected chi connectivity index (χ3v) is 2.02. The first kappa shape index (κ1) is 10.4. The van der Waals surface area contributed by atoms with Gasteiger partial charge in [0.05, 0.1) is 0 Å². The summed E-state index contributed by atoms with van der Waals surface area (Å²) in [5, 5.41) is 2.74. The van der Waals surface area contributed by atoms with Gasteiger partial charge in [0.1, 0.15) is 5.69 Å². The first-order valence-corrected chi connectivity index (χ1v) is 4.58. The second kappa shape index (κ2) is 3.77. The maximum Gasteiger partial charge on any atom is 0.360 e. The quantitative estimate of drug-likeness (QED) is 0.748. The van der Waals surface area contributed by atoms with E-state index in [2.05, 4.69) is 5.32 Å². The Morgan fingerprint density at radius 1 is 1.44 bits per heavy atom. The molecule has 1 heterocycles. The smallest absolute Gasteiger partial charge is 0.360 e. The van der Waals surface area contributed by atoms with Crippen molar-refractivity contribution in [3.63, 3.8) is 0 Å². The fraction of sp³-hybridized carbons (Fsp3) is 0.0909. The van der Waals surface area contributed by atoms with Crippen LogP contribution in [0.4, 0.5) is 10.1 Å². The number of nitrogens with one attached hydrogen (secondary N) is 1. The number of halogens is 1. The minimum absolute atomic E-state index is 0.00519. The lowest BCUT2D eigenvalue weighted by atomic mass is 10.2. The summed E-state index contributed by atoms with van der Waals surface area (Å²) >= 11 is 0. The molecule has 0 spiro atoms. The molecule has 0 aliphatic rings. The van der Waals surface area contributed by atoms with Crippen molar-refractivity contribution < 1.29 is 13.6 Å². The van der Waals surface area contributed by atoms with Crippen molar-refractivity contribution >= 4 is 22.6 Å². The van der Waals surface area contributed by atoms with Gasteiger partial charge >= 0.3 is 5.63 Å². The van der Waals surface area contributed by atoms with Crippen molar-refractivity contribution in [1.82, 2.24) is 0 Å². The molecule has 0 unspecified atom stereocenters. The average Bonchev–Trinajstić information content (AvgIpc) is 2.20. The molecule has 0 radical (unpaired) electrons. The van der Waals surface area contributed by atoms with Crippen molar-refractivity contribution in [3.8, 4) is 0 Å². The number of carbonyl (C=O) groups is 1. The highest BCUT2D eigenvalue weighted by molar-refractivity contribution is 5.90. The molecule has 0 atom stereocenters. The molecule has 0 fully saturated rings. The van der Waals surface area contributed by atoms with E-state index in [0.717, 1.165) is 0 Å². The molecular weight excluding hydrogens is 213 g/mol. The van der Waals surface area contributed by atoms with Gasteiger partial charge in [0.25, 0.3) is 0 Å². The third-order valence-electron chi connectivity index (χ3n) is 2.02. The number of carbonyl (C=O) groups excluding carboxylic acids is 1. The van der Waals surface area contributed by atoms with Crippen molar-refractivity contribution in [1.29, 1.82) is 0 Å². The molecule has 0 saturated carbocycles. The van der Waals surface area contributed by atoms with Gasteiger partial charge in [0.15, 0.2) is 11.4 Å². The summed E-state index contributed by atoms with van der Waals surface area (Å²) in [5.41, 5.74) is -0.875. The Morgan fingerprint density at radius 3 is 2.88 bits per heavy atom. The molecule has 1 amide bonds. The summed E-state index contributed by atoms with van der Waals surface area (Å²) in [4.78, 5) is 22.2. The van der Waals surface area contributed by atoms with Crippen molar-refractivity contribution in [2.24, 2.45) is 0 Å². The normalized spacial score (nSPS) is 10.4. The number of para-hydroxylation sites is 1. The highest BCUT2D eigenvalue weighted by Crippen LogP contribution is 2.18. The van der Waals surface area contributed by atoms with Gasteiger partial charge in [-0.05, 0) is 12.1 Å². The van der Waals surface area contributed by atoms with Gasteiger partial charge in [0, 0.05) is 12.3 Å². The SMILES string of the molecule is CC(=O)Nc1cc2cccc(F)c2oc1=O. The first-order chi connectivity index (χ1) is 7.58. The van der Waals surface area contributed by atoms with Crippen LogP contribution in [-0.2, 0) is 4.79 Å². The minimum atomic E-state index is -0.771. The first-order valence-electron chi connectivity index (χ1n) is 4.58. The molecule has 0 aliphatic heterocycles. The number of hydrogen-bond acceptors (Lipinski definition) is 3. The van der Waals surface area contributed by atoms with E-state index in [1.807, 2.05) is 0 Å². The summed E-state index contributed by atoms with van der Waals surface area (Å²) < 4.78 is 18.0. The van der Waals surface area contributed by atoms with E-state index >= 15 is 0 Å². The predicted octanol–water partition coefficient (Wildman–Crippen LogP) is 1.89. The summed E-state index contributed by atoms with van der Waals surface area (Å²) in [6.45, 7) is 1.27. The molecule has 16 heavy (non-hydrogen) atoms. The number of fused-ring (bicyclic) bond motifs is 1. The Bertz CT molecular complexity index is 618. The molecule has 82 valence electrons. The highest BCUT2D eigenvalue weighted by atomic mass is 19.1. The summed E-state index contributed by atoms with van der Waals surface area (Å²) in [6.07, 6.45) is 0. The minimum Gasteiger partial charge on any atom is -0.418 e. The van der Waals surface area contributed by atoms with E-state index < -0.39 is 11.4 Å². The number of benzene rings is 1. The summed E-state index contributed by atoms with van der Waals surface area (Å²) in [6, 6.07) is 5.66. The van der Waals surface area contributed by atoms with Gasteiger partial charge < -0.3 is 9.73 Å². The summed E-state index contributed by atoms with van der Waals surface area (Å²) in [7, 11) is 0. The number of amides is 1. The molecule has 1 N–H and O–H groups in total. The van der Waals surface area contributed by atoms with Gasteiger partial charge in [-0.3, -0.25) is 4.79 Å². The maximum absolute atomic E-state index is 13.2. The lowest BCUT2D eigenvalue weighted by Gasteiger charge is -2.02. The van der Waals surface area contributed by atoms with Crippen molar-refractivity contribution in [2.45, 2.75) is 6.92 Å². The van der Waals surface area contributed by atoms with Crippen LogP contribution in [0, 0.1) is 5.82 Å². The van der Waals surface area contributed by atoms with Crippen LogP contribution in [0.2, 0.25) is 0 Å². The lowest BCUT2D eigenvalue weighted by Crippen LogP contribution is -2.14. The third kappa shape index (κ3) is 1.79. The Balaban J connectivity index is 2.68. The maximum atomic E-state index is 13.2. The average molecular weight is 221 g/mol. The monoisotopic (exact) mass is 221 g/mol. The van der Waals surface area contributed by atoms with Gasteiger partial charge in [-0.2, -0.15) is 0 Å². The van der Waals surface area contributed by atoms with E-state index in [-0.39, 0.29) is 17.2 Å². The van der Waals surface area contributed by atoms with Crippen LogP contribution in [-0.4, -0.2) is 5.91 Å². The van der Waals surface area contributed by atoms with E-state index in [1.54, 1.807) is 6.07 Å². The highest BCUT2D eigenvalue weighted by Gasteiger charge is 2.08. The van der Waals surface area contributed by atoms with E-state index in [0.29, 0.717) is 5.39 Å². The van der Waals surface area contributed by atoms with Crippen molar-refractivity contribution in [2.75, 3.05) is 5.32 Å². The largest absolute Gasteiger partial charge is 0.418 e. The molecular formula is C11H8FNO3. The van der Waals surface area contributed by atoms with Gasteiger partial charge in [-0.1, -0.05) is 12.1 Å². The van der Waals surface area contributed by atoms with Crippen LogP contribution < -0.4 is 10.9 Å². The van der Waals surface area contributed by atoms with Gasteiger partial charge in [-0.15, -0.1) is 0 Å². The van der Waals surface area contributed by atoms with Crippen LogP contribution in [0.5, 0.6) is 0 Å². The Hall–Kier alpha value is -2.17. The Morgan fingerprint density at radius 2 is 2.19 bits per heavy atom. The molecule has 0 aliphatic carbocycles. The molecule has 1 aromatic carbocycles. The van der Waals surface area contributed by atoms with Crippen LogP contribution in [0.15, 0.2) is 33.5 Å². The zero-order valence-corrected chi connectivity index (χ0v) is 8.41. The second-order valence-corrected chi connectivity index (χ2v) is 3.29. The number of rotatable bonds is 1. The fourth-order valence-corrected chi connectivity index (χ4v) is 1.39. The number of hydrogen-bond donors (Lipinski definition) is 1. The molecule has 0 bridgehead atoms. The van der Waals surface area contributed by atoms with Gasteiger partial charge in [-0.25, -0.2) is 9.18 Å². The second-order valence-electron chi connectivity index (χ2n) is 3.29. The zero-order chi connectivity index (χ0) is 11.7. The van der Waals surface area contributed by atoms with Crippen molar-refractivity contribution in [3.05, 3.63) is 40.5 Å². The Kier molecular flexibility index (Phi) is 2.44. The molecule has 2 aromatic rings. The standard InChI is InChI=1S/C11H8FNO3/c1-6(14)13-9-5-7-3-2-4-8(12)10(7)16-11(9)15/h2-5H,1H3,(H,13,14). The van der Waals surface area contributed by atoms with Crippen LogP contribution in [0.3, 0.4) is 0 Å². The Labute approximate surface area is 89.7 Å². The van der Waals surface area contributed by atoms with Crippen LogP contribution in [0.25, 0.3) is 11.0 Å². The summed E-state index contributed by atoms with van der Waals surface area (Å²) in [5.74, 6) is -0.993. The zero-order valence-electron chi connectivity index (χ0n) is 8.41. The van der Waals surface area contributed by atoms with E-state index in [9.17, 15) is 14.0 Å². The topological polar surface area (TPSA) is 59.3 Å². The molecule has 4 nitrogen and oxygen atoms in total. The molecule has 2 rings (SSSR count). The molecule has 0 saturated heterocycles. The van der Waals surface area contributed by atoms with Crippen LogP contribution in [0.1, 0.15) is 6.92 Å². The van der Waals surface area contributed by atoms with Gasteiger partial charge in [0.2, 0.25) is 5.91 Å². The van der Waals surface area contributed by atoms with E-state index in [4.69, 9.17) is 4.42 Å².